The molecule has 0 radical (unpaired) electrons. The number of thiophene rings is 1. The molecule has 0 saturated heterocycles. The van der Waals surface area contributed by atoms with E-state index in [9.17, 15) is 4.79 Å². The maximum absolute atomic E-state index is 13.4. The number of hydrogen-bond donors (Lipinski definition) is 1. The summed E-state index contributed by atoms with van der Waals surface area (Å²) in [5.74, 6) is 0.620. The van der Waals surface area contributed by atoms with Gasteiger partial charge in [0.15, 0.2) is 0 Å². The van der Waals surface area contributed by atoms with Gasteiger partial charge in [0, 0.05) is 29.5 Å². The molecule has 29 heavy (non-hydrogen) atoms. The van der Waals surface area contributed by atoms with Gasteiger partial charge in [0.2, 0.25) is 5.95 Å². The topological polar surface area (TPSA) is 64.7 Å². The maximum Gasteiger partial charge on any atom is 0.263 e. The first kappa shape index (κ1) is 18.1. The molecule has 3 aromatic heterocycles. The lowest BCUT2D eigenvalue weighted by molar-refractivity contribution is 0.655. The van der Waals surface area contributed by atoms with Crippen molar-refractivity contribution in [2.45, 2.75) is 45.6 Å². The van der Waals surface area contributed by atoms with Crippen LogP contribution < -0.4 is 10.9 Å². The van der Waals surface area contributed by atoms with Crippen LogP contribution in [-0.2, 0) is 19.4 Å². The molecule has 0 saturated carbocycles. The molecule has 3 heterocycles. The van der Waals surface area contributed by atoms with Crippen molar-refractivity contribution in [3.05, 3.63) is 63.5 Å². The molecule has 4 aromatic rings. The van der Waals surface area contributed by atoms with Crippen LogP contribution in [0.15, 0.2) is 47.5 Å². The summed E-state index contributed by atoms with van der Waals surface area (Å²) in [6, 6.07) is 9.88. The van der Waals surface area contributed by atoms with Gasteiger partial charge in [-0.2, -0.15) is 5.10 Å². The molecule has 148 valence electrons. The van der Waals surface area contributed by atoms with Gasteiger partial charge in [0.25, 0.3) is 5.56 Å². The Morgan fingerprint density at radius 2 is 2.00 bits per heavy atom. The zero-order valence-corrected chi connectivity index (χ0v) is 17.2. The van der Waals surface area contributed by atoms with Gasteiger partial charge in [0.05, 0.1) is 11.1 Å². The molecule has 0 fully saturated rings. The van der Waals surface area contributed by atoms with E-state index >= 15 is 0 Å². The van der Waals surface area contributed by atoms with Gasteiger partial charge in [-0.1, -0.05) is 6.92 Å². The average Bonchev–Trinajstić information content (AvgIpc) is 3.39. The third kappa shape index (κ3) is 3.25. The Labute approximate surface area is 172 Å². The van der Waals surface area contributed by atoms with Crippen molar-refractivity contribution in [1.82, 2.24) is 19.3 Å². The molecule has 0 unspecified atom stereocenters. The van der Waals surface area contributed by atoms with Gasteiger partial charge < -0.3 is 5.32 Å². The summed E-state index contributed by atoms with van der Waals surface area (Å²) in [7, 11) is 0. The van der Waals surface area contributed by atoms with E-state index < -0.39 is 0 Å². The molecule has 5 rings (SSSR count). The number of benzene rings is 1. The number of nitrogens with one attached hydrogen (secondary N) is 1. The standard InChI is InChI=1S/C22H23N5OS/c1-2-13-26-21(28)19-17-6-3-4-7-18(17)29-20(19)25-22(26)24-15-8-10-16(11-9-15)27-14-5-12-23-27/h5,8-12,14H,2-4,6-7,13H2,1H3,(H,24,25). The summed E-state index contributed by atoms with van der Waals surface area (Å²) >= 11 is 1.69. The van der Waals surface area contributed by atoms with Crippen LogP contribution in [0.2, 0.25) is 0 Å². The van der Waals surface area contributed by atoms with Crippen molar-refractivity contribution in [1.29, 1.82) is 0 Å². The molecular weight excluding hydrogens is 382 g/mol. The van der Waals surface area contributed by atoms with E-state index in [0.29, 0.717) is 12.5 Å². The van der Waals surface area contributed by atoms with Crippen molar-refractivity contribution < 1.29 is 0 Å². The molecule has 1 aromatic carbocycles. The Kier molecular flexibility index (Phi) is 4.67. The molecule has 7 heteroatoms. The molecule has 0 bridgehead atoms. The predicted molar refractivity (Wildman–Crippen MR) is 118 cm³/mol. The fraction of sp³-hybridized carbons (Fsp3) is 0.318. The molecule has 6 nitrogen and oxygen atoms in total. The first-order valence-corrected chi connectivity index (χ1v) is 11.0. The van der Waals surface area contributed by atoms with E-state index in [1.165, 1.54) is 16.9 Å². The summed E-state index contributed by atoms with van der Waals surface area (Å²) in [6.07, 6.45) is 8.99. The number of nitrogens with zero attached hydrogens (tertiary/aromatic N) is 4. The van der Waals surface area contributed by atoms with Crippen molar-refractivity contribution in [2.24, 2.45) is 0 Å². The molecule has 0 spiro atoms. The summed E-state index contributed by atoms with van der Waals surface area (Å²) < 4.78 is 3.61. The Morgan fingerprint density at radius 3 is 2.76 bits per heavy atom. The molecule has 0 amide bonds. The van der Waals surface area contributed by atoms with Crippen LogP contribution in [-0.4, -0.2) is 19.3 Å². The number of fused-ring (bicyclic) bond motifs is 3. The van der Waals surface area contributed by atoms with Crippen LogP contribution in [0, 0.1) is 0 Å². The quantitative estimate of drug-likeness (QED) is 0.524. The van der Waals surface area contributed by atoms with Crippen molar-refractivity contribution in [2.75, 3.05) is 5.32 Å². The highest BCUT2D eigenvalue weighted by molar-refractivity contribution is 7.18. The Bertz CT molecular complexity index is 1200. The number of hydrogen-bond acceptors (Lipinski definition) is 5. The lowest BCUT2D eigenvalue weighted by Gasteiger charge is -2.14. The second-order valence-electron chi connectivity index (χ2n) is 7.41. The monoisotopic (exact) mass is 405 g/mol. The minimum absolute atomic E-state index is 0.0897. The molecular formula is C22H23N5OS. The van der Waals surface area contributed by atoms with Crippen LogP contribution in [0.3, 0.4) is 0 Å². The van der Waals surface area contributed by atoms with Crippen molar-refractivity contribution in [3.8, 4) is 5.69 Å². The molecule has 0 aliphatic heterocycles. The van der Waals surface area contributed by atoms with E-state index in [4.69, 9.17) is 4.98 Å². The highest BCUT2D eigenvalue weighted by atomic mass is 32.1. The lowest BCUT2D eigenvalue weighted by Crippen LogP contribution is -2.24. The number of aromatic nitrogens is 4. The smallest absolute Gasteiger partial charge is 0.263 e. The van der Waals surface area contributed by atoms with Gasteiger partial charge in [-0.05, 0) is 68.0 Å². The van der Waals surface area contributed by atoms with Crippen molar-refractivity contribution >= 4 is 33.2 Å². The third-order valence-electron chi connectivity index (χ3n) is 5.41. The zero-order valence-electron chi connectivity index (χ0n) is 16.4. The van der Waals surface area contributed by atoms with Gasteiger partial charge >= 0.3 is 0 Å². The normalized spacial score (nSPS) is 13.6. The lowest BCUT2D eigenvalue weighted by atomic mass is 9.97. The number of anilines is 2. The Hall–Kier alpha value is -2.93. The van der Waals surface area contributed by atoms with Crippen LogP contribution >= 0.6 is 11.3 Å². The highest BCUT2D eigenvalue weighted by Crippen LogP contribution is 2.34. The fourth-order valence-electron chi connectivity index (χ4n) is 4.01. The predicted octanol–water partition coefficient (Wildman–Crippen LogP) is 4.68. The van der Waals surface area contributed by atoms with Gasteiger partial charge in [-0.3, -0.25) is 9.36 Å². The molecule has 0 atom stereocenters. The summed E-state index contributed by atoms with van der Waals surface area (Å²) in [4.78, 5) is 20.4. The maximum atomic E-state index is 13.4. The second-order valence-corrected chi connectivity index (χ2v) is 8.49. The van der Waals surface area contributed by atoms with E-state index in [2.05, 4.69) is 17.3 Å². The highest BCUT2D eigenvalue weighted by Gasteiger charge is 2.22. The first-order chi connectivity index (χ1) is 14.2. The third-order valence-corrected chi connectivity index (χ3v) is 6.60. The number of rotatable bonds is 5. The van der Waals surface area contributed by atoms with Gasteiger partial charge in [-0.15, -0.1) is 11.3 Å². The van der Waals surface area contributed by atoms with Crippen LogP contribution in [0.5, 0.6) is 0 Å². The molecule has 1 aliphatic rings. The van der Waals surface area contributed by atoms with Crippen molar-refractivity contribution in [3.63, 3.8) is 0 Å². The van der Waals surface area contributed by atoms with E-state index in [1.807, 2.05) is 41.2 Å². The largest absolute Gasteiger partial charge is 0.325 e. The number of aryl methyl sites for hydroxylation is 2. The summed E-state index contributed by atoms with van der Waals surface area (Å²) in [5, 5.41) is 8.47. The van der Waals surface area contributed by atoms with E-state index in [-0.39, 0.29) is 5.56 Å². The minimum atomic E-state index is 0.0897. The minimum Gasteiger partial charge on any atom is -0.325 e. The molecule has 1 aliphatic carbocycles. The zero-order chi connectivity index (χ0) is 19.8. The summed E-state index contributed by atoms with van der Waals surface area (Å²) in [5.41, 5.74) is 3.22. The first-order valence-electron chi connectivity index (χ1n) is 10.2. The van der Waals surface area contributed by atoms with E-state index in [1.54, 1.807) is 22.1 Å². The van der Waals surface area contributed by atoms with E-state index in [0.717, 1.165) is 47.3 Å². The Morgan fingerprint density at radius 1 is 1.17 bits per heavy atom. The average molecular weight is 406 g/mol. The SMILES string of the molecule is CCCn1c(Nc2ccc(-n3cccn3)cc2)nc2sc3c(c2c1=O)CCCC3. The van der Waals surface area contributed by atoms with Crippen LogP contribution in [0.1, 0.15) is 36.6 Å². The van der Waals surface area contributed by atoms with Gasteiger partial charge in [-0.25, -0.2) is 9.67 Å². The van der Waals surface area contributed by atoms with Gasteiger partial charge in [0.1, 0.15) is 4.83 Å². The van der Waals surface area contributed by atoms with Crippen LogP contribution in [0.4, 0.5) is 11.6 Å². The van der Waals surface area contributed by atoms with Crippen LogP contribution in [0.25, 0.3) is 15.9 Å². The second kappa shape index (κ2) is 7.48. The fourth-order valence-corrected chi connectivity index (χ4v) is 5.26. The Balaban J connectivity index is 1.55. The summed E-state index contributed by atoms with van der Waals surface area (Å²) in [6.45, 7) is 2.74. The molecule has 1 N–H and O–H groups in total.